The first-order chi connectivity index (χ1) is 7.49. The van der Waals surface area contributed by atoms with Gasteiger partial charge in [0.1, 0.15) is 0 Å². The summed E-state index contributed by atoms with van der Waals surface area (Å²) < 4.78 is 0. The molecule has 6 heteroatoms. The normalized spacial score (nSPS) is 10.1. The lowest BCUT2D eigenvalue weighted by atomic mass is 10.3. The Kier molecular flexibility index (Phi) is 4.42. The number of thiazole rings is 1. The molecular formula is C10H14N2O3S. The Morgan fingerprint density at radius 2 is 2.25 bits per heavy atom. The lowest BCUT2D eigenvalue weighted by Crippen LogP contribution is -2.30. The molecule has 1 rings (SSSR count). The number of carbonyl (C=O) groups excluding carboxylic acids is 1. The molecule has 0 aliphatic heterocycles. The summed E-state index contributed by atoms with van der Waals surface area (Å²) in [6, 6.07) is 0. The highest BCUT2D eigenvalue weighted by molar-refractivity contribution is 7.09. The monoisotopic (exact) mass is 242 g/mol. The van der Waals surface area contributed by atoms with Gasteiger partial charge in [-0.05, 0) is 6.92 Å². The Morgan fingerprint density at radius 3 is 2.75 bits per heavy atom. The fraction of sp³-hybridized carbons (Fsp3) is 0.500. The maximum absolute atomic E-state index is 11.6. The van der Waals surface area contributed by atoms with Crippen molar-refractivity contribution in [2.75, 3.05) is 13.6 Å². The molecule has 0 atom stereocenters. The van der Waals surface area contributed by atoms with Gasteiger partial charge in [-0.1, -0.05) is 0 Å². The number of aliphatic carboxylic acids is 1. The Morgan fingerprint density at radius 1 is 1.56 bits per heavy atom. The molecule has 1 aromatic rings. The van der Waals surface area contributed by atoms with Gasteiger partial charge in [-0.25, -0.2) is 4.98 Å². The van der Waals surface area contributed by atoms with E-state index in [2.05, 4.69) is 4.98 Å². The molecule has 1 heterocycles. The predicted octanol–water partition coefficient (Wildman–Crippen LogP) is 0.927. The van der Waals surface area contributed by atoms with E-state index in [1.165, 1.54) is 16.2 Å². The molecule has 0 saturated heterocycles. The third-order valence-electron chi connectivity index (χ3n) is 2.09. The third kappa shape index (κ3) is 3.98. The van der Waals surface area contributed by atoms with Gasteiger partial charge in [0, 0.05) is 19.0 Å². The minimum absolute atomic E-state index is 0.0294. The second-order valence-corrected chi connectivity index (χ2v) is 4.56. The molecule has 0 aromatic carbocycles. The van der Waals surface area contributed by atoms with Gasteiger partial charge in [0.25, 0.3) is 0 Å². The maximum Gasteiger partial charge on any atom is 0.305 e. The van der Waals surface area contributed by atoms with Crippen LogP contribution >= 0.6 is 11.3 Å². The maximum atomic E-state index is 11.6. The zero-order valence-electron chi connectivity index (χ0n) is 9.27. The quantitative estimate of drug-likeness (QED) is 0.833. The molecule has 16 heavy (non-hydrogen) atoms. The van der Waals surface area contributed by atoms with Crippen molar-refractivity contribution in [3.8, 4) is 0 Å². The zero-order valence-corrected chi connectivity index (χ0v) is 10.1. The van der Waals surface area contributed by atoms with Crippen molar-refractivity contribution in [3.63, 3.8) is 0 Å². The van der Waals surface area contributed by atoms with E-state index in [1.807, 2.05) is 12.3 Å². The van der Waals surface area contributed by atoms with Gasteiger partial charge in [-0.15, -0.1) is 11.3 Å². The molecule has 0 spiro atoms. The Hall–Kier alpha value is -1.43. The largest absolute Gasteiger partial charge is 0.481 e. The van der Waals surface area contributed by atoms with Gasteiger partial charge in [0.15, 0.2) is 0 Å². The molecular weight excluding hydrogens is 228 g/mol. The van der Waals surface area contributed by atoms with Crippen LogP contribution in [0.4, 0.5) is 0 Å². The van der Waals surface area contributed by atoms with E-state index < -0.39 is 5.97 Å². The average Bonchev–Trinajstić information content (AvgIpc) is 2.60. The molecule has 0 aliphatic carbocycles. The number of aromatic nitrogens is 1. The van der Waals surface area contributed by atoms with Crippen molar-refractivity contribution in [2.24, 2.45) is 0 Å². The molecule has 0 bridgehead atoms. The molecule has 88 valence electrons. The van der Waals surface area contributed by atoms with Crippen LogP contribution in [0.1, 0.15) is 17.1 Å². The molecule has 0 aliphatic rings. The van der Waals surface area contributed by atoms with Gasteiger partial charge in [0.05, 0.1) is 23.5 Å². The minimum atomic E-state index is -0.899. The molecule has 1 N–H and O–H groups in total. The lowest BCUT2D eigenvalue weighted by molar-refractivity contribution is -0.138. The van der Waals surface area contributed by atoms with Crippen LogP contribution in [-0.2, 0) is 16.0 Å². The Bertz CT molecular complexity index is 389. The van der Waals surface area contributed by atoms with Crippen LogP contribution < -0.4 is 0 Å². The van der Waals surface area contributed by atoms with Crippen LogP contribution in [0.25, 0.3) is 0 Å². The summed E-state index contributed by atoms with van der Waals surface area (Å²) in [5, 5.41) is 11.3. The summed E-state index contributed by atoms with van der Waals surface area (Å²) in [7, 11) is 1.60. The molecule has 0 saturated carbocycles. The average molecular weight is 242 g/mol. The van der Waals surface area contributed by atoms with Crippen molar-refractivity contribution < 1.29 is 14.7 Å². The lowest BCUT2D eigenvalue weighted by Gasteiger charge is -2.14. The second-order valence-electron chi connectivity index (χ2n) is 3.49. The number of rotatable bonds is 5. The number of hydrogen-bond donors (Lipinski definition) is 1. The summed E-state index contributed by atoms with van der Waals surface area (Å²) in [6.07, 6.45) is 0.207. The number of hydrogen-bond acceptors (Lipinski definition) is 4. The van der Waals surface area contributed by atoms with E-state index in [0.717, 1.165) is 10.7 Å². The van der Waals surface area contributed by atoms with E-state index in [9.17, 15) is 9.59 Å². The first kappa shape index (κ1) is 12.6. The van der Waals surface area contributed by atoms with Crippen LogP contribution in [0.3, 0.4) is 0 Å². The number of likely N-dealkylation sites (N-methyl/N-ethyl adjacent to an activating group) is 1. The number of nitrogens with zero attached hydrogens (tertiary/aromatic N) is 2. The number of carboxylic acids is 1. The highest BCUT2D eigenvalue weighted by atomic mass is 32.1. The van der Waals surface area contributed by atoms with Gasteiger partial charge < -0.3 is 10.0 Å². The summed E-state index contributed by atoms with van der Waals surface area (Å²) in [5.74, 6) is -1.00. The summed E-state index contributed by atoms with van der Waals surface area (Å²) in [5.41, 5.74) is 0.745. The SMILES string of the molecule is Cc1nc(CC(=O)N(C)CCC(=O)O)cs1. The molecule has 5 nitrogen and oxygen atoms in total. The number of carboxylic acid groups (broad SMARTS) is 1. The molecule has 0 radical (unpaired) electrons. The fourth-order valence-electron chi connectivity index (χ4n) is 1.17. The third-order valence-corrected chi connectivity index (χ3v) is 2.91. The van der Waals surface area contributed by atoms with Gasteiger partial charge in [-0.2, -0.15) is 0 Å². The molecule has 1 amide bonds. The number of amides is 1. The minimum Gasteiger partial charge on any atom is -0.481 e. The molecule has 0 fully saturated rings. The van der Waals surface area contributed by atoms with Crippen molar-refractivity contribution in [3.05, 3.63) is 16.1 Å². The van der Waals surface area contributed by atoms with Crippen LogP contribution in [-0.4, -0.2) is 40.5 Å². The zero-order chi connectivity index (χ0) is 12.1. The van der Waals surface area contributed by atoms with Crippen molar-refractivity contribution >= 4 is 23.2 Å². The highest BCUT2D eigenvalue weighted by Gasteiger charge is 2.12. The van der Waals surface area contributed by atoms with E-state index in [0.29, 0.717) is 0 Å². The van der Waals surface area contributed by atoms with Gasteiger partial charge in [0.2, 0.25) is 5.91 Å². The first-order valence-electron chi connectivity index (χ1n) is 4.86. The Balaban J connectivity index is 2.42. The van der Waals surface area contributed by atoms with Crippen LogP contribution in [0.15, 0.2) is 5.38 Å². The van der Waals surface area contributed by atoms with Crippen molar-refractivity contribution in [2.45, 2.75) is 19.8 Å². The summed E-state index contributed by atoms with van der Waals surface area (Å²) in [6.45, 7) is 2.12. The summed E-state index contributed by atoms with van der Waals surface area (Å²) >= 11 is 1.50. The summed E-state index contributed by atoms with van der Waals surface area (Å²) in [4.78, 5) is 27.6. The molecule has 1 aromatic heterocycles. The van der Waals surface area contributed by atoms with E-state index in [1.54, 1.807) is 7.05 Å². The van der Waals surface area contributed by atoms with E-state index >= 15 is 0 Å². The standard InChI is InChI=1S/C10H14N2O3S/c1-7-11-8(6-16-7)5-9(13)12(2)4-3-10(14)15/h6H,3-5H2,1-2H3,(H,14,15). The molecule has 0 unspecified atom stereocenters. The smallest absolute Gasteiger partial charge is 0.305 e. The van der Waals surface area contributed by atoms with E-state index in [-0.39, 0.29) is 25.3 Å². The highest BCUT2D eigenvalue weighted by Crippen LogP contribution is 2.09. The van der Waals surface area contributed by atoms with E-state index in [4.69, 9.17) is 5.11 Å². The van der Waals surface area contributed by atoms with Crippen molar-refractivity contribution in [1.82, 2.24) is 9.88 Å². The van der Waals surface area contributed by atoms with Crippen LogP contribution in [0.5, 0.6) is 0 Å². The van der Waals surface area contributed by atoms with Gasteiger partial charge in [-0.3, -0.25) is 9.59 Å². The number of aryl methyl sites for hydroxylation is 1. The first-order valence-corrected chi connectivity index (χ1v) is 5.73. The fourth-order valence-corrected chi connectivity index (χ4v) is 1.78. The number of carbonyl (C=O) groups is 2. The second kappa shape index (κ2) is 5.60. The Labute approximate surface area is 97.7 Å². The van der Waals surface area contributed by atoms with Crippen molar-refractivity contribution in [1.29, 1.82) is 0 Å². The van der Waals surface area contributed by atoms with Crippen LogP contribution in [0, 0.1) is 6.92 Å². The predicted molar refractivity (Wildman–Crippen MR) is 60.4 cm³/mol. The van der Waals surface area contributed by atoms with Gasteiger partial charge >= 0.3 is 5.97 Å². The topological polar surface area (TPSA) is 70.5 Å². The van der Waals surface area contributed by atoms with Crippen LogP contribution in [0.2, 0.25) is 0 Å².